The van der Waals surface area contributed by atoms with Crippen LogP contribution in [0, 0.1) is 0 Å². The van der Waals surface area contributed by atoms with Crippen molar-refractivity contribution < 1.29 is 9.84 Å². The van der Waals surface area contributed by atoms with Crippen LogP contribution in [0.15, 0.2) is 30.3 Å². The van der Waals surface area contributed by atoms with Crippen molar-refractivity contribution in [3.8, 4) is 0 Å². The summed E-state index contributed by atoms with van der Waals surface area (Å²) in [7, 11) is 0. The number of hydrogen-bond acceptors (Lipinski definition) is 2. The van der Waals surface area contributed by atoms with E-state index in [0.29, 0.717) is 12.5 Å². The molecule has 1 saturated heterocycles. The molecule has 0 aromatic heterocycles. The molecule has 1 aromatic rings. The molecule has 3 atom stereocenters. The van der Waals surface area contributed by atoms with E-state index in [1.54, 1.807) is 0 Å². The maximum absolute atomic E-state index is 10.00. The van der Waals surface area contributed by atoms with Crippen molar-refractivity contribution in [2.45, 2.75) is 44.5 Å². The van der Waals surface area contributed by atoms with E-state index in [1.807, 2.05) is 30.3 Å². The van der Waals surface area contributed by atoms with E-state index < -0.39 is 0 Å². The number of hydrogen-bond donors (Lipinski definition) is 1. The molecule has 2 rings (SSSR count). The minimum absolute atomic E-state index is 0.0280. The van der Waals surface area contributed by atoms with Gasteiger partial charge in [-0.15, -0.1) is 0 Å². The zero-order valence-electron chi connectivity index (χ0n) is 9.10. The van der Waals surface area contributed by atoms with Gasteiger partial charge in [-0.2, -0.15) is 0 Å². The molecule has 0 spiro atoms. The predicted octanol–water partition coefficient (Wildman–Crippen LogP) is 2.16. The van der Waals surface area contributed by atoms with Gasteiger partial charge in [-0.3, -0.25) is 0 Å². The lowest BCUT2D eigenvalue weighted by Crippen LogP contribution is -2.28. The van der Waals surface area contributed by atoms with Crippen molar-refractivity contribution in [1.29, 1.82) is 0 Å². The van der Waals surface area contributed by atoms with Crippen molar-refractivity contribution in [3.63, 3.8) is 0 Å². The first-order chi connectivity index (χ1) is 7.25. The van der Waals surface area contributed by atoms with E-state index in [2.05, 4.69) is 6.92 Å². The van der Waals surface area contributed by atoms with E-state index in [9.17, 15) is 5.11 Å². The van der Waals surface area contributed by atoms with Gasteiger partial charge in [-0.05, 0) is 25.3 Å². The van der Waals surface area contributed by atoms with Crippen molar-refractivity contribution in [1.82, 2.24) is 0 Å². The zero-order valence-corrected chi connectivity index (χ0v) is 9.10. The standard InChI is InChI=1S/C13H18O2/c1-10-7-8-13(15-10)12(14)9-11-5-3-2-4-6-11/h2-6,10,12-14H,7-9H2,1H3. The van der Waals surface area contributed by atoms with Crippen LogP contribution in [0.25, 0.3) is 0 Å². The molecule has 1 aliphatic heterocycles. The molecule has 3 unspecified atom stereocenters. The number of benzene rings is 1. The molecule has 2 heteroatoms. The largest absolute Gasteiger partial charge is 0.390 e. The highest BCUT2D eigenvalue weighted by molar-refractivity contribution is 5.15. The summed E-state index contributed by atoms with van der Waals surface area (Å²) in [5.74, 6) is 0. The topological polar surface area (TPSA) is 29.5 Å². The Morgan fingerprint density at radius 1 is 1.33 bits per heavy atom. The summed E-state index contributed by atoms with van der Waals surface area (Å²) in [6.45, 7) is 2.06. The molecule has 82 valence electrons. The first kappa shape index (κ1) is 10.7. The lowest BCUT2D eigenvalue weighted by molar-refractivity contribution is -0.0278. The summed E-state index contributed by atoms with van der Waals surface area (Å²) in [6.07, 6.45) is 2.71. The molecular formula is C13H18O2. The summed E-state index contributed by atoms with van der Waals surface area (Å²) >= 11 is 0. The first-order valence-corrected chi connectivity index (χ1v) is 5.63. The van der Waals surface area contributed by atoms with Gasteiger partial charge in [0.25, 0.3) is 0 Å². The highest BCUT2D eigenvalue weighted by atomic mass is 16.5. The van der Waals surface area contributed by atoms with Gasteiger partial charge in [-0.25, -0.2) is 0 Å². The summed E-state index contributed by atoms with van der Waals surface area (Å²) < 4.78 is 5.65. The predicted molar refractivity (Wildman–Crippen MR) is 59.7 cm³/mol. The van der Waals surface area contributed by atoms with Crippen LogP contribution in [0.4, 0.5) is 0 Å². The monoisotopic (exact) mass is 206 g/mol. The van der Waals surface area contributed by atoms with Gasteiger partial charge in [0.15, 0.2) is 0 Å². The third-order valence-corrected chi connectivity index (χ3v) is 2.98. The second-order valence-electron chi connectivity index (χ2n) is 4.32. The molecule has 1 aromatic carbocycles. The molecule has 1 fully saturated rings. The molecule has 0 saturated carbocycles. The molecule has 0 aliphatic carbocycles. The van der Waals surface area contributed by atoms with Crippen molar-refractivity contribution in [3.05, 3.63) is 35.9 Å². The Bertz CT molecular complexity index is 297. The summed E-state index contributed by atoms with van der Waals surface area (Å²) in [5, 5.41) is 10.00. The van der Waals surface area contributed by atoms with Gasteiger partial charge in [-0.1, -0.05) is 30.3 Å². The van der Waals surface area contributed by atoms with Gasteiger partial charge in [0.2, 0.25) is 0 Å². The number of rotatable bonds is 3. The highest BCUT2D eigenvalue weighted by Crippen LogP contribution is 2.23. The van der Waals surface area contributed by atoms with E-state index in [4.69, 9.17) is 4.74 Å². The molecule has 2 nitrogen and oxygen atoms in total. The minimum Gasteiger partial charge on any atom is -0.390 e. The second-order valence-corrected chi connectivity index (χ2v) is 4.32. The Balaban J connectivity index is 1.90. The van der Waals surface area contributed by atoms with Gasteiger partial charge in [0.05, 0.1) is 18.3 Å². The molecule has 1 N–H and O–H groups in total. The number of ether oxygens (including phenoxy) is 1. The molecular weight excluding hydrogens is 188 g/mol. The Morgan fingerprint density at radius 2 is 2.07 bits per heavy atom. The van der Waals surface area contributed by atoms with E-state index in [-0.39, 0.29) is 12.2 Å². The lowest BCUT2D eigenvalue weighted by Gasteiger charge is -2.18. The second kappa shape index (κ2) is 4.77. The maximum Gasteiger partial charge on any atom is 0.0842 e. The fourth-order valence-corrected chi connectivity index (χ4v) is 2.10. The van der Waals surface area contributed by atoms with Gasteiger partial charge < -0.3 is 9.84 Å². The van der Waals surface area contributed by atoms with Crippen LogP contribution in [-0.4, -0.2) is 23.4 Å². The van der Waals surface area contributed by atoms with Crippen LogP contribution in [-0.2, 0) is 11.2 Å². The van der Waals surface area contributed by atoms with Crippen molar-refractivity contribution in [2.24, 2.45) is 0 Å². The molecule has 0 radical (unpaired) electrons. The third-order valence-electron chi connectivity index (χ3n) is 2.98. The lowest BCUT2D eigenvalue weighted by atomic mass is 10.0. The average Bonchev–Trinajstić information content (AvgIpc) is 2.66. The van der Waals surface area contributed by atoms with Gasteiger partial charge in [0.1, 0.15) is 0 Å². The highest BCUT2D eigenvalue weighted by Gasteiger charge is 2.28. The van der Waals surface area contributed by atoms with Gasteiger partial charge >= 0.3 is 0 Å². The maximum atomic E-state index is 10.00. The van der Waals surface area contributed by atoms with Crippen LogP contribution in [0.2, 0.25) is 0 Å². The normalized spacial score (nSPS) is 27.9. The van der Waals surface area contributed by atoms with Crippen LogP contribution in [0.3, 0.4) is 0 Å². The third kappa shape index (κ3) is 2.80. The zero-order chi connectivity index (χ0) is 10.7. The van der Waals surface area contributed by atoms with E-state index in [1.165, 1.54) is 5.56 Å². The number of aliphatic hydroxyl groups is 1. The van der Waals surface area contributed by atoms with Crippen LogP contribution in [0.5, 0.6) is 0 Å². The Labute approximate surface area is 90.9 Å². The summed E-state index contributed by atoms with van der Waals surface area (Å²) in [5.41, 5.74) is 1.17. The van der Waals surface area contributed by atoms with E-state index >= 15 is 0 Å². The summed E-state index contributed by atoms with van der Waals surface area (Å²) in [6, 6.07) is 10.1. The molecule has 15 heavy (non-hydrogen) atoms. The molecule has 1 heterocycles. The Morgan fingerprint density at radius 3 is 2.67 bits per heavy atom. The van der Waals surface area contributed by atoms with Crippen LogP contribution in [0.1, 0.15) is 25.3 Å². The molecule has 0 bridgehead atoms. The van der Waals surface area contributed by atoms with Crippen molar-refractivity contribution in [2.75, 3.05) is 0 Å². The number of aliphatic hydroxyl groups excluding tert-OH is 1. The fourth-order valence-electron chi connectivity index (χ4n) is 2.10. The summed E-state index contributed by atoms with van der Waals surface area (Å²) in [4.78, 5) is 0. The minimum atomic E-state index is -0.364. The fraction of sp³-hybridized carbons (Fsp3) is 0.538. The quantitative estimate of drug-likeness (QED) is 0.821. The van der Waals surface area contributed by atoms with Crippen molar-refractivity contribution >= 4 is 0 Å². The van der Waals surface area contributed by atoms with Gasteiger partial charge in [0, 0.05) is 6.42 Å². The van der Waals surface area contributed by atoms with Crippen LogP contribution < -0.4 is 0 Å². The molecule has 1 aliphatic rings. The Hall–Kier alpha value is -0.860. The smallest absolute Gasteiger partial charge is 0.0842 e. The SMILES string of the molecule is CC1CCC(C(O)Cc2ccccc2)O1. The first-order valence-electron chi connectivity index (χ1n) is 5.63. The average molecular weight is 206 g/mol. The Kier molecular flexibility index (Phi) is 3.39. The van der Waals surface area contributed by atoms with Crippen LogP contribution >= 0.6 is 0 Å². The van der Waals surface area contributed by atoms with E-state index in [0.717, 1.165) is 12.8 Å². The molecule has 0 amide bonds.